The molecule has 1 aromatic heterocycles. The topological polar surface area (TPSA) is 69.2 Å². The van der Waals surface area contributed by atoms with Crippen molar-refractivity contribution in [3.8, 4) is 0 Å². The monoisotopic (exact) mass is 427 g/mol. The van der Waals surface area contributed by atoms with Gasteiger partial charge in [0.05, 0.1) is 18.8 Å². The number of hydrogen-bond donors (Lipinski definition) is 2. The number of rotatable bonds is 9. The second-order valence-corrected chi connectivity index (χ2v) is 8.93. The molecule has 1 aliphatic heterocycles. The van der Waals surface area contributed by atoms with Gasteiger partial charge >= 0.3 is 0 Å². The third kappa shape index (κ3) is 7.62. The molecule has 1 aliphatic rings. The normalized spacial score (nSPS) is 19.3. The second kappa shape index (κ2) is 12.3. The number of amides is 1. The lowest BCUT2D eigenvalue weighted by Crippen LogP contribution is -2.48. The van der Waals surface area contributed by atoms with Crippen LogP contribution in [0.2, 0.25) is 0 Å². The summed E-state index contributed by atoms with van der Waals surface area (Å²) >= 11 is 3.55. The Hall–Kier alpha value is -1.29. The molecule has 1 aromatic rings. The molecule has 2 N–H and O–H groups in total. The van der Waals surface area contributed by atoms with E-state index in [9.17, 15) is 4.79 Å². The zero-order valence-electron chi connectivity index (χ0n) is 17.3. The molecule has 0 spiro atoms. The second-order valence-electron chi connectivity index (χ2n) is 6.96. The summed E-state index contributed by atoms with van der Waals surface area (Å²) in [4.78, 5) is 21.8. The maximum atomic E-state index is 11.9. The number of carbonyl (C=O) groups excluding carboxylic acids is 1. The summed E-state index contributed by atoms with van der Waals surface area (Å²) in [6, 6.07) is 4.53. The summed E-state index contributed by atoms with van der Waals surface area (Å²) < 4.78 is 5.71. The lowest BCUT2D eigenvalue weighted by molar-refractivity contribution is -0.127. The minimum Gasteiger partial charge on any atom is -0.376 e. The molecule has 1 amide bonds. The molecule has 2 heterocycles. The Morgan fingerprint density at radius 2 is 2.32 bits per heavy atom. The van der Waals surface area contributed by atoms with Crippen LogP contribution in [0.3, 0.4) is 0 Å². The molecule has 0 radical (unpaired) electrons. The first-order chi connectivity index (χ1) is 13.5. The van der Waals surface area contributed by atoms with Gasteiger partial charge in [0.15, 0.2) is 5.96 Å². The minimum absolute atomic E-state index is 0.0113. The van der Waals surface area contributed by atoms with Crippen LogP contribution in [0.25, 0.3) is 0 Å². The van der Waals surface area contributed by atoms with E-state index in [1.165, 1.54) is 4.88 Å². The predicted molar refractivity (Wildman–Crippen MR) is 119 cm³/mol. The van der Waals surface area contributed by atoms with Crippen LogP contribution < -0.4 is 10.6 Å². The molecule has 9 heteroatoms. The van der Waals surface area contributed by atoms with E-state index >= 15 is 0 Å². The molecule has 2 unspecified atom stereocenters. The van der Waals surface area contributed by atoms with E-state index in [0.29, 0.717) is 5.96 Å². The van der Waals surface area contributed by atoms with Crippen LogP contribution in [0.15, 0.2) is 22.5 Å². The van der Waals surface area contributed by atoms with E-state index in [1.54, 1.807) is 42.1 Å². The number of thiophene rings is 1. The van der Waals surface area contributed by atoms with Crippen molar-refractivity contribution >= 4 is 35.0 Å². The summed E-state index contributed by atoms with van der Waals surface area (Å²) in [5, 5.41) is 8.91. The first kappa shape index (κ1) is 23.0. The number of nitrogens with one attached hydrogen (secondary N) is 2. The fourth-order valence-corrected chi connectivity index (χ4v) is 4.11. The van der Waals surface area contributed by atoms with Gasteiger partial charge in [-0.1, -0.05) is 6.07 Å². The van der Waals surface area contributed by atoms with E-state index in [0.717, 1.165) is 38.5 Å². The summed E-state index contributed by atoms with van der Waals surface area (Å²) in [6.45, 7) is 6.38. The Balaban J connectivity index is 2.04. The minimum atomic E-state index is -0.0113. The quantitative estimate of drug-likeness (QED) is 0.354. The average Bonchev–Trinajstić information content (AvgIpc) is 3.20. The number of nitrogens with zero attached hydrogens (tertiary/aromatic N) is 3. The lowest BCUT2D eigenvalue weighted by atomic mass is 10.1. The highest BCUT2D eigenvalue weighted by Crippen LogP contribution is 2.26. The number of morpholine rings is 1. The largest absolute Gasteiger partial charge is 0.376 e. The first-order valence-corrected chi connectivity index (χ1v) is 11.9. The van der Waals surface area contributed by atoms with Crippen molar-refractivity contribution in [1.82, 2.24) is 20.4 Å². The number of likely N-dealkylation sites (N-methyl/N-ethyl adjacent to an activating group) is 1. The highest BCUT2D eigenvalue weighted by molar-refractivity contribution is 7.98. The van der Waals surface area contributed by atoms with Gasteiger partial charge in [-0.15, -0.1) is 11.3 Å². The Morgan fingerprint density at radius 1 is 1.50 bits per heavy atom. The highest BCUT2D eigenvalue weighted by Gasteiger charge is 2.26. The average molecular weight is 428 g/mol. The molecule has 28 heavy (non-hydrogen) atoms. The van der Waals surface area contributed by atoms with Gasteiger partial charge in [0.2, 0.25) is 5.91 Å². The maximum absolute atomic E-state index is 11.9. The van der Waals surface area contributed by atoms with E-state index in [2.05, 4.69) is 51.2 Å². The van der Waals surface area contributed by atoms with Crippen molar-refractivity contribution in [1.29, 1.82) is 0 Å². The van der Waals surface area contributed by atoms with Gasteiger partial charge in [-0.2, -0.15) is 11.8 Å². The SMILES string of the molecule is CSCCNC(=NCC(=O)N(C)C)NCC(c1cccs1)N1CCOC(C)C1. The van der Waals surface area contributed by atoms with Crippen LogP contribution in [0.1, 0.15) is 17.8 Å². The van der Waals surface area contributed by atoms with Crippen LogP contribution in [0.4, 0.5) is 0 Å². The fraction of sp³-hybridized carbons (Fsp3) is 0.684. The fourth-order valence-electron chi connectivity index (χ4n) is 2.95. The summed E-state index contributed by atoms with van der Waals surface area (Å²) in [6.07, 6.45) is 2.32. The van der Waals surface area contributed by atoms with Gasteiger partial charge < -0.3 is 20.3 Å². The van der Waals surface area contributed by atoms with Crippen LogP contribution in [0.5, 0.6) is 0 Å². The zero-order valence-corrected chi connectivity index (χ0v) is 18.9. The molecule has 1 saturated heterocycles. The van der Waals surface area contributed by atoms with Crippen LogP contribution >= 0.6 is 23.1 Å². The van der Waals surface area contributed by atoms with Crippen LogP contribution in [-0.2, 0) is 9.53 Å². The number of guanidine groups is 1. The van der Waals surface area contributed by atoms with E-state index in [4.69, 9.17) is 4.74 Å². The Labute approximate surface area is 176 Å². The Kier molecular flexibility index (Phi) is 10.1. The van der Waals surface area contributed by atoms with E-state index in [-0.39, 0.29) is 24.6 Å². The molecule has 2 rings (SSSR count). The third-order valence-electron chi connectivity index (χ3n) is 4.52. The summed E-state index contributed by atoms with van der Waals surface area (Å²) in [5.74, 6) is 1.66. The maximum Gasteiger partial charge on any atom is 0.243 e. The molecular weight excluding hydrogens is 394 g/mol. The van der Waals surface area contributed by atoms with Crippen molar-refractivity contribution in [2.24, 2.45) is 4.99 Å². The highest BCUT2D eigenvalue weighted by atomic mass is 32.2. The number of aliphatic imine (C=N–C) groups is 1. The van der Waals surface area contributed by atoms with Gasteiger partial charge in [-0.05, 0) is 24.6 Å². The van der Waals surface area contributed by atoms with Gasteiger partial charge in [0, 0.05) is 50.9 Å². The third-order valence-corrected chi connectivity index (χ3v) is 6.10. The van der Waals surface area contributed by atoms with Gasteiger partial charge in [-0.25, -0.2) is 4.99 Å². The van der Waals surface area contributed by atoms with Gasteiger partial charge in [0.25, 0.3) is 0 Å². The summed E-state index contributed by atoms with van der Waals surface area (Å²) in [5.41, 5.74) is 0. The molecule has 0 aliphatic carbocycles. The number of thioether (sulfide) groups is 1. The van der Waals surface area contributed by atoms with Crippen LogP contribution in [0, 0.1) is 0 Å². The predicted octanol–water partition coefficient (Wildman–Crippen LogP) is 1.50. The summed E-state index contributed by atoms with van der Waals surface area (Å²) in [7, 11) is 3.50. The van der Waals surface area contributed by atoms with Crippen LogP contribution in [-0.4, -0.2) is 93.2 Å². The first-order valence-electron chi connectivity index (χ1n) is 9.61. The van der Waals surface area contributed by atoms with E-state index in [1.807, 2.05) is 0 Å². The molecule has 1 fully saturated rings. The standard InChI is InChI=1S/C19H33N5O2S2/c1-15-14-24(8-9-26-15)16(17-6-5-10-28-17)12-21-19(20-7-11-27-4)22-13-18(25)23(2)3/h5-6,10,15-16H,7-9,11-14H2,1-4H3,(H2,20,21,22). The lowest BCUT2D eigenvalue weighted by Gasteiger charge is -2.37. The Bertz CT molecular complexity index is 609. The van der Waals surface area contributed by atoms with Gasteiger partial charge in [-0.3, -0.25) is 9.69 Å². The Morgan fingerprint density at radius 3 is 2.96 bits per heavy atom. The van der Waals surface area contributed by atoms with Crippen molar-refractivity contribution < 1.29 is 9.53 Å². The zero-order chi connectivity index (χ0) is 20.4. The number of carbonyl (C=O) groups is 1. The van der Waals surface area contributed by atoms with Crippen molar-refractivity contribution in [2.75, 3.05) is 65.4 Å². The number of hydrogen-bond acceptors (Lipinski definition) is 6. The number of ether oxygens (including phenoxy) is 1. The molecule has 7 nitrogen and oxygen atoms in total. The van der Waals surface area contributed by atoms with Crippen molar-refractivity contribution in [3.05, 3.63) is 22.4 Å². The van der Waals surface area contributed by atoms with Crippen molar-refractivity contribution in [2.45, 2.75) is 19.1 Å². The molecule has 0 saturated carbocycles. The van der Waals surface area contributed by atoms with Crippen molar-refractivity contribution in [3.63, 3.8) is 0 Å². The smallest absolute Gasteiger partial charge is 0.243 e. The molecule has 0 aromatic carbocycles. The molecule has 158 valence electrons. The molecule has 2 atom stereocenters. The molecular formula is C19H33N5O2S2. The molecule has 0 bridgehead atoms. The van der Waals surface area contributed by atoms with E-state index < -0.39 is 0 Å². The van der Waals surface area contributed by atoms with Gasteiger partial charge in [0.1, 0.15) is 6.54 Å².